The Balaban J connectivity index is 1.68. The van der Waals surface area contributed by atoms with Gasteiger partial charge in [0.15, 0.2) is 0 Å². The summed E-state index contributed by atoms with van der Waals surface area (Å²) in [7, 11) is -1.51. The van der Waals surface area contributed by atoms with Crippen molar-refractivity contribution in [1.82, 2.24) is 14.2 Å². The van der Waals surface area contributed by atoms with E-state index in [9.17, 15) is 8.42 Å². The number of anilines is 1. The molecule has 1 aliphatic heterocycles. The van der Waals surface area contributed by atoms with Gasteiger partial charge in [0, 0.05) is 32.4 Å². The SMILES string of the molecule is C=C(C)C1CC=C(C)C(=NNc2ccc(S(=O)(=O)N3CCN(C)CC3)cn2)C1. The molecule has 1 saturated heterocycles. The molecule has 8 heteroatoms. The van der Waals surface area contributed by atoms with Crippen LogP contribution in [0.4, 0.5) is 5.82 Å². The van der Waals surface area contributed by atoms with Crippen LogP contribution in [0.15, 0.2) is 52.1 Å². The van der Waals surface area contributed by atoms with Gasteiger partial charge in [0.05, 0.1) is 5.71 Å². The van der Waals surface area contributed by atoms with Gasteiger partial charge in [-0.25, -0.2) is 13.4 Å². The molecule has 152 valence electrons. The minimum Gasteiger partial charge on any atom is -0.304 e. The molecule has 28 heavy (non-hydrogen) atoms. The highest BCUT2D eigenvalue weighted by molar-refractivity contribution is 7.89. The molecule has 1 aromatic heterocycles. The quantitative estimate of drug-likeness (QED) is 0.604. The van der Waals surface area contributed by atoms with Crippen molar-refractivity contribution in [3.05, 3.63) is 42.1 Å². The van der Waals surface area contributed by atoms with Gasteiger partial charge >= 0.3 is 0 Å². The van der Waals surface area contributed by atoms with Crippen LogP contribution in [0.5, 0.6) is 0 Å². The van der Waals surface area contributed by atoms with Gasteiger partial charge < -0.3 is 4.90 Å². The summed E-state index contributed by atoms with van der Waals surface area (Å²) in [5.74, 6) is 0.934. The first-order chi connectivity index (χ1) is 13.3. The normalized spacial score (nSPS) is 23.5. The van der Waals surface area contributed by atoms with E-state index in [2.05, 4.69) is 33.1 Å². The van der Waals surface area contributed by atoms with Gasteiger partial charge in [-0.05, 0) is 57.4 Å². The second kappa shape index (κ2) is 8.55. The molecule has 0 bridgehead atoms. The fraction of sp³-hybridized carbons (Fsp3) is 0.500. The third-order valence-corrected chi connectivity index (χ3v) is 7.32. The van der Waals surface area contributed by atoms with Crippen molar-refractivity contribution in [2.45, 2.75) is 31.6 Å². The van der Waals surface area contributed by atoms with E-state index in [1.165, 1.54) is 10.5 Å². The van der Waals surface area contributed by atoms with Gasteiger partial charge in [-0.15, -0.1) is 0 Å². The second-order valence-electron chi connectivity index (χ2n) is 7.63. The van der Waals surface area contributed by atoms with E-state index in [1.807, 2.05) is 20.9 Å². The highest BCUT2D eigenvalue weighted by Gasteiger charge is 2.27. The largest absolute Gasteiger partial charge is 0.304 e. The smallest absolute Gasteiger partial charge is 0.244 e. The molecule has 3 rings (SSSR count). The molecule has 0 amide bonds. The third-order valence-electron chi connectivity index (χ3n) is 5.44. The number of nitrogens with one attached hydrogen (secondary N) is 1. The Morgan fingerprint density at radius 2 is 2.00 bits per heavy atom. The number of pyridine rings is 1. The fourth-order valence-electron chi connectivity index (χ4n) is 3.33. The van der Waals surface area contributed by atoms with E-state index < -0.39 is 10.0 Å². The van der Waals surface area contributed by atoms with Crippen LogP contribution in [0.2, 0.25) is 0 Å². The lowest BCUT2D eigenvalue weighted by atomic mass is 9.85. The Morgan fingerprint density at radius 1 is 1.29 bits per heavy atom. The molecule has 0 radical (unpaired) electrons. The van der Waals surface area contributed by atoms with Gasteiger partial charge in [-0.3, -0.25) is 5.43 Å². The number of aromatic nitrogens is 1. The lowest BCUT2D eigenvalue weighted by molar-refractivity contribution is 0.222. The van der Waals surface area contributed by atoms with Gasteiger partial charge in [-0.1, -0.05) is 18.2 Å². The Labute approximate surface area is 167 Å². The number of sulfonamides is 1. The molecule has 1 N–H and O–H groups in total. The minimum absolute atomic E-state index is 0.214. The molecule has 2 heterocycles. The number of rotatable bonds is 5. The van der Waals surface area contributed by atoms with Crippen LogP contribution >= 0.6 is 0 Å². The summed E-state index contributed by atoms with van der Waals surface area (Å²) < 4.78 is 27.0. The van der Waals surface area contributed by atoms with Crippen molar-refractivity contribution < 1.29 is 8.42 Å². The lowest BCUT2D eigenvalue weighted by Gasteiger charge is -2.31. The molecular formula is C20H29N5O2S. The van der Waals surface area contributed by atoms with Crippen molar-refractivity contribution in [2.75, 3.05) is 38.7 Å². The number of allylic oxidation sites excluding steroid dienone is 3. The maximum absolute atomic E-state index is 12.8. The average Bonchev–Trinajstić information content (AvgIpc) is 2.68. The van der Waals surface area contributed by atoms with E-state index in [4.69, 9.17) is 0 Å². The second-order valence-corrected chi connectivity index (χ2v) is 9.56. The van der Waals surface area contributed by atoms with Crippen LogP contribution in [-0.2, 0) is 10.0 Å². The van der Waals surface area contributed by atoms with Crippen molar-refractivity contribution in [3.8, 4) is 0 Å². The first-order valence-electron chi connectivity index (χ1n) is 9.57. The van der Waals surface area contributed by atoms with Crippen LogP contribution < -0.4 is 5.43 Å². The van der Waals surface area contributed by atoms with Crippen molar-refractivity contribution in [1.29, 1.82) is 0 Å². The highest BCUT2D eigenvalue weighted by Crippen LogP contribution is 2.26. The first-order valence-corrected chi connectivity index (χ1v) is 11.0. The number of hydrogen-bond donors (Lipinski definition) is 1. The van der Waals surface area contributed by atoms with Crippen LogP contribution in [0.1, 0.15) is 26.7 Å². The predicted octanol–water partition coefficient (Wildman–Crippen LogP) is 2.72. The molecule has 1 aliphatic carbocycles. The zero-order valence-corrected chi connectivity index (χ0v) is 17.7. The molecule has 0 saturated carbocycles. The van der Waals surface area contributed by atoms with Crippen molar-refractivity contribution in [3.63, 3.8) is 0 Å². The molecule has 7 nitrogen and oxygen atoms in total. The zero-order valence-electron chi connectivity index (χ0n) is 16.9. The third kappa shape index (κ3) is 4.68. The number of nitrogens with zero attached hydrogens (tertiary/aromatic N) is 4. The lowest BCUT2D eigenvalue weighted by Crippen LogP contribution is -2.47. The van der Waals surface area contributed by atoms with Crippen LogP contribution in [0, 0.1) is 5.92 Å². The van der Waals surface area contributed by atoms with Gasteiger partial charge in [0.25, 0.3) is 0 Å². The summed E-state index contributed by atoms with van der Waals surface area (Å²) in [6, 6.07) is 3.24. The molecular weight excluding hydrogens is 374 g/mol. The molecule has 1 aromatic rings. The molecule has 1 fully saturated rings. The Hall–Kier alpha value is -2.03. The Kier molecular flexibility index (Phi) is 6.32. The minimum atomic E-state index is -3.50. The topological polar surface area (TPSA) is 77.9 Å². The van der Waals surface area contributed by atoms with Crippen LogP contribution in [-0.4, -0.2) is 61.5 Å². The number of hydrogen-bond acceptors (Lipinski definition) is 6. The van der Waals surface area contributed by atoms with Gasteiger partial charge in [0.1, 0.15) is 10.7 Å². The van der Waals surface area contributed by atoms with E-state index in [-0.39, 0.29) is 4.90 Å². The van der Waals surface area contributed by atoms with E-state index >= 15 is 0 Å². The monoisotopic (exact) mass is 403 g/mol. The fourth-order valence-corrected chi connectivity index (χ4v) is 4.69. The van der Waals surface area contributed by atoms with Gasteiger partial charge in [-0.2, -0.15) is 9.41 Å². The van der Waals surface area contributed by atoms with Crippen molar-refractivity contribution in [2.24, 2.45) is 11.0 Å². The summed E-state index contributed by atoms with van der Waals surface area (Å²) in [5, 5.41) is 4.49. The maximum atomic E-state index is 12.8. The van der Waals surface area contributed by atoms with Crippen LogP contribution in [0.3, 0.4) is 0 Å². The summed E-state index contributed by atoms with van der Waals surface area (Å²) in [6.07, 6.45) is 5.43. The summed E-state index contributed by atoms with van der Waals surface area (Å²) in [4.78, 5) is 6.58. The Morgan fingerprint density at radius 3 is 2.61 bits per heavy atom. The molecule has 0 spiro atoms. The zero-order chi connectivity index (χ0) is 20.3. The number of hydrazone groups is 1. The molecule has 2 aliphatic rings. The predicted molar refractivity (Wildman–Crippen MR) is 113 cm³/mol. The summed E-state index contributed by atoms with van der Waals surface area (Å²) in [6.45, 7) is 10.6. The van der Waals surface area contributed by atoms with E-state index in [1.54, 1.807) is 12.1 Å². The first kappa shape index (κ1) is 20.7. The Bertz CT molecular complexity index is 882. The van der Waals surface area contributed by atoms with E-state index in [0.29, 0.717) is 24.8 Å². The molecule has 0 aromatic carbocycles. The summed E-state index contributed by atoms with van der Waals surface area (Å²) in [5.41, 5.74) is 6.25. The summed E-state index contributed by atoms with van der Waals surface area (Å²) >= 11 is 0. The number of likely N-dealkylation sites (N-methyl/N-ethyl adjacent to an activating group) is 1. The average molecular weight is 404 g/mol. The molecule has 1 unspecified atom stereocenters. The van der Waals surface area contributed by atoms with Crippen LogP contribution in [0.25, 0.3) is 0 Å². The van der Waals surface area contributed by atoms with Crippen molar-refractivity contribution >= 4 is 21.6 Å². The van der Waals surface area contributed by atoms with E-state index in [0.717, 1.165) is 42.8 Å². The molecule has 1 atom stereocenters. The highest BCUT2D eigenvalue weighted by atomic mass is 32.2. The standard InChI is InChI=1S/C20H29N5O2S/c1-15(2)17-6-5-16(3)19(13-17)22-23-20-8-7-18(14-21-20)28(26,27)25-11-9-24(4)10-12-25/h5,7-8,14,17H,1,6,9-13H2,2-4H3,(H,21,23). The number of piperazine rings is 1. The van der Waals surface area contributed by atoms with Gasteiger partial charge in [0.2, 0.25) is 10.0 Å². The maximum Gasteiger partial charge on any atom is 0.244 e.